The molecule has 1 fully saturated rings. The Morgan fingerprint density at radius 1 is 1.25 bits per heavy atom. The lowest BCUT2D eigenvalue weighted by molar-refractivity contribution is 0.266. The molecule has 1 heteroatoms. The molecule has 1 atom stereocenters. The van der Waals surface area contributed by atoms with Crippen LogP contribution < -0.4 is 5.32 Å². The largest absolute Gasteiger partial charge is 0.313 e. The minimum atomic E-state index is 0.702. The maximum Gasteiger partial charge on any atom is 0.0132 e. The van der Waals surface area contributed by atoms with Crippen molar-refractivity contribution in [1.29, 1.82) is 0 Å². The highest BCUT2D eigenvalue weighted by Gasteiger charge is 2.23. The van der Waals surface area contributed by atoms with Crippen molar-refractivity contribution in [2.75, 3.05) is 6.54 Å². The van der Waals surface area contributed by atoms with E-state index in [1.165, 1.54) is 50.5 Å². The molecule has 0 amide bonds. The minimum Gasteiger partial charge on any atom is -0.313 e. The summed E-state index contributed by atoms with van der Waals surface area (Å²) in [6, 6.07) is 0.702. The zero-order valence-electron chi connectivity index (χ0n) is 11.2. The maximum atomic E-state index is 4.18. The van der Waals surface area contributed by atoms with Gasteiger partial charge >= 0.3 is 0 Å². The molecule has 1 aliphatic rings. The van der Waals surface area contributed by atoms with Crippen molar-refractivity contribution in [2.45, 2.75) is 71.3 Å². The van der Waals surface area contributed by atoms with Gasteiger partial charge in [0.25, 0.3) is 0 Å². The van der Waals surface area contributed by atoms with Gasteiger partial charge in [0.2, 0.25) is 0 Å². The van der Waals surface area contributed by atoms with Crippen molar-refractivity contribution in [3.05, 3.63) is 12.2 Å². The Morgan fingerprint density at radius 3 is 2.50 bits per heavy atom. The van der Waals surface area contributed by atoms with Crippen molar-refractivity contribution >= 4 is 0 Å². The van der Waals surface area contributed by atoms with E-state index in [0.29, 0.717) is 6.04 Å². The minimum absolute atomic E-state index is 0.702. The summed E-state index contributed by atoms with van der Waals surface area (Å²) < 4.78 is 0. The Hall–Kier alpha value is -0.300. The van der Waals surface area contributed by atoms with Crippen molar-refractivity contribution in [3.63, 3.8) is 0 Å². The molecule has 1 rings (SSSR count). The third-order valence-electron chi connectivity index (χ3n) is 3.88. The van der Waals surface area contributed by atoms with Crippen LogP contribution in [-0.2, 0) is 0 Å². The molecule has 0 aliphatic heterocycles. The van der Waals surface area contributed by atoms with E-state index in [-0.39, 0.29) is 0 Å². The standard InChI is InChI=1S/C15H29N/c1-4-11-16-15(12-13(3)5-2)14-9-7-6-8-10-14/h14-16H,3-12H2,1-2H3. The summed E-state index contributed by atoms with van der Waals surface area (Å²) in [5.41, 5.74) is 1.42. The first-order valence-corrected chi connectivity index (χ1v) is 7.18. The zero-order chi connectivity index (χ0) is 11.8. The Balaban J connectivity index is 2.43. The average molecular weight is 223 g/mol. The Kier molecular flexibility index (Phi) is 6.79. The second-order valence-electron chi connectivity index (χ2n) is 5.27. The van der Waals surface area contributed by atoms with Crippen LogP contribution in [0.1, 0.15) is 65.2 Å². The van der Waals surface area contributed by atoms with Gasteiger partial charge in [-0.2, -0.15) is 0 Å². The summed E-state index contributed by atoms with van der Waals surface area (Å²) >= 11 is 0. The molecule has 0 bridgehead atoms. The Labute approximate surface area is 102 Å². The lowest BCUT2D eigenvalue weighted by Crippen LogP contribution is -2.38. The van der Waals surface area contributed by atoms with Gasteiger partial charge in [-0.25, -0.2) is 0 Å². The van der Waals surface area contributed by atoms with Gasteiger partial charge in [-0.3, -0.25) is 0 Å². The fourth-order valence-electron chi connectivity index (χ4n) is 2.73. The molecule has 0 heterocycles. The third kappa shape index (κ3) is 4.69. The highest BCUT2D eigenvalue weighted by Crippen LogP contribution is 2.29. The quantitative estimate of drug-likeness (QED) is 0.635. The van der Waals surface area contributed by atoms with Crippen LogP contribution in [0.2, 0.25) is 0 Å². The summed E-state index contributed by atoms with van der Waals surface area (Å²) in [6.07, 6.45) is 10.8. The van der Waals surface area contributed by atoms with E-state index in [4.69, 9.17) is 0 Å². The van der Waals surface area contributed by atoms with Gasteiger partial charge in [0.1, 0.15) is 0 Å². The second-order valence-corrected chi connectivity index (χ2v) is 5.27. The summed E-state index contributed by atoms with van der Waals surface area (Å²) in [4.78, 5) is 0. The van der Waals surface area contributed by atoms with E-state index in [1.54, 1.807) is 0 Å². The first-order chi connectivity index (χ1) is 7.77. The molecule has 0 radical (unpaired) electrons. The molecule has 1 nitrogen and oxygen atoms in total. The topological polar surface area (TPSA) is 12.0 Å². The van der Waals surface area contributed by atoms with E-state index in [2.05, 4.69) is 25.7 Å². The van der Waals surface area contributed by atoms with Crippen LogP contribution in [0.4, 0.5) is 0 Å². The van der Waals surface area contributed by atoms with Gasteiger partial charge in [0, 0.05) is 6.04 Å². The third-order valence-corrected chi connectivity index (χ3v) is 3.88. The summed E-state index contributed by atoms with van der Waals surface area (Å²) in [6.45, 7) is 9.81. The highest BCUT2D eigenvalue weighted by molar-refractivity contribution is 4.98. The van der Waals surface area contributed by atoms with Gasteiger partial charge in [0.05, 0.1) is 0 Å². The molecule has 0 aromatic rings. The van der Waals surface area contributed by atoms with Gasteiger partial charge in [-0.1, -0.05) is 45.3 Å². The van der Waals surface area contributed by atoms with E-state index < -0.39 is 0 Å². The molecule has 0 aromatic heterocycles. The van der Waals surface area contributed by atoms with Crippen LogP contribution in [-0.4, -0.2) is 12.6 Å². The van der Waals surface area contributed by atoms with Gasteiger partial charge in [-0.05, 0) is 44.6 Å². The van der Waals surface area contributed by atoms with E-state index in [0.717, 1.165) is 18.9 Å². The van der Waals surface area contributed by atoms with Crippen LogP contribution >= 0.6 is 0 Å². The van der Waals surface area contributed by atoms with E-state index in [1.807, 2.05) is 0 Å². The van der Waals surface area contributed by atoms with Gasteiger partial charge in [0.15, 0.2) is 0 Å². The first kappa shape index (κ1) is 13.8. The van der Waals surface area contributed by atoms with Gasteiger partial charge < -0.3 is 5.32 Å². The number of hydrogen-bond donors (Lipinski definition) is 1. The molecule has 0 aromatic carbocycles. The molecular weight excluding hydrogens is 194 g/mol. The summed E-state index contributed by atoms with van der Waals surface area (Å²) in [5, 5.41) is 3.74. The lowest BCUT2D eigenvalue weighted by Gasteiger charge is -2.31. The van der Waals surface area contributed by atoms with Crippen molar-refractivity contribution in [1.82, 2.24) is 5.32 Å². The number of hydrogen-bond acceptors (Lipinski definition) is 1. The van der Waals surface area contributed by atoms with Crippen LogP contribution in [0.15, 0.2) is 12.2 Å². The zero-order valence-corrected chi connectivity index (χ0v) is 11.2. The normalized spacial score (nSPS) is 19.6. The van der Waals surface area contributed by atoms with Crippen LogP contribution in [0.5, 0.6) is 0 Å². The number of rotatable bonds is 7. The van der Waals surface area contributed by atoms with Crippen LogP contribution in [0.25, 0.3) is 0 Å². The fraction of sp³-hybridized carbons (Fsp3) is 0.867. The molecule has 1 aliphatic carbocycles. The lowest BCUT2D eigenvalue weighted by atomic mass is 9.81. The molecule has 1 N–H and O–H groups in total. The van der Waals surface area contributed by atoms with Crippen molar-refractivity contribution in [2.24, 2.45) is 5.92 Å². The SMILES string of the molecule is C=C(CC)CC(NCCC)C1CCCCC1. The van der Waals surface area contributed by atoms with Crippen LogP contribution in [0, 0.1) is 5.92 Å². The van der Waals surface area contributed by atoms with Crippen molar-refractivity contribution < 1.29 is 0 Å². The molecular formula is C15H29N. The van der Waals surface area contributed by atoms with Crippen molar-refractivity contribution in [3.8, 4) is 0 Å². The molecule has 1 saturated carbocycles. The first-order valence-electron chi connectivity index (χ1n) is 7.18. The maximum absolute atomic E-state index is 4.18. The summed E-state index contributed by atoms with van der Waals surface area (Å²) in [5.74, 6) is 0.906. The second kappa shape index (κ2) is 7.89. The fourth-order valence-corrected chi connectivity index (χ4v) is 2.73. The molecule has 16 heavy (non-hydrogen) atoms. The molecule has 1 unspecified atom stereocenters. The average Bonchev–Trinajstić information content (AvgIpc) is 2.35. The predicted molar refractivity (Wildman–Crippen MR) is 72.7 cm³/mol. The molecule has 0 spiro atoms. The predicted octanol–water partition coefficient (Wildman–Crippen LogP) is 4.29. The van der Waals surface area contributed by atoms with Crippen LogP contribution in [0.3, 0.4) is 0 Å². The van der Waals surface area contributed by atoms with E-state index >= 15 is 0 Å². The number of nitrogens with one attached hydrogen (secondary N) is 1. The molecule has 94 valence electrons. The highest BCUT2D eigenvalue weighted by atomic mass is 14.9. The Bertz CT molecular complexity index is 192. The van der Waals surface area contributed by atoms with E-state index in [9.17, 15) is 0 Å². The summed E-state index contributed by atoms with van der Waals surface area (Å²) in [7, 11) is 0. The van der Waals surface area contributed by atoms with Gasteiger partial charge in [-0.15, -0.1) is 0 Å². The molecule has 0 saturated heterocycles. The monoisotopic (exact) mass is 223 g/mol. The Morgan fingerprint density at radius 2 is 1.94 bits per heavy atom. The smallest absolute Gasteiger partial charge is 0.0132 e.